The fourth-order valence-electron chi connectivity index (χ4n) is 2.77. The molecular formula is C21H15N3O5. The molecule has 0 radical (unpaired) electrons. The van der Waals surface area contributed by atoms with Crippen LogP contribution < -0.4 is 9.47 Å². The van der Waals surface area contributed by atoms with E-state index in [1.807, 2.05) is 18.2 Å². The van der Waals surface area contributed by atoms with Crippen molar-refractivity contribution in [3.8, 4) is 17.6 Å². The Labute approximate surface area is 165 Å². The third-order valence-electron chi connectivity index (χ3n) is 4.19. The SMILES string of the molecule is N#CC(=C(O)COC(=O)C=Cc1ccc2c(c1)OCO2)c1nc2ccccc2[nH]1. The molecule has 2 aromatic carbocycles. The summed E-state index contributed by atoms with van der Waals surface area (Å²) in [4.78, 5) is 19.2. The van der Waals surface area contributed by atoms with Crippen LogP contribution in [-0.4, -0.2) is 34.4 Å². The second-order valence-corrected chi connectivity index (χ2v) is 6.09. The van der Waals surface area contributed by atoms with Crippen LogP contribution in [0, 0.1) is 11.3 Å². The standard InChI is InChI=1S/C21H15N3O5/c22-10-14(21-23-15-3-1-2-4-16(15)24-21)17(25)11-27-20(26)8-6-13-5-7-18-19(9-13)29-12-28-18/h1-9,25H,11-12H2,(H,23,24). The van der Waals surface area contributed by atoms with Gasteiger partial charge in [-0.2, -0.15) is 5.26 Å². The van der Waals surface area contributed by atoms with Crippen LogP contribution in [-0.2, 0) is 9.53 Å². The molecule has 0 amide bonds. The number of aromatic nitrogens is 2. The van der Waals surface area contributed by atoms with Gasteiger partial charge in [0.15, 0.2) is 23.1 Å². The van der Waals surface area contributed by atoms with Crippen molar-refractivity contribution >= 4 is 28.7 Å². The monoisotopic (exact) mass is 389 g/mol. The summed E-state index contributed by atoms with van der Waals surface area (Å²) in [5, 5.41) is 19.6. The fraction of sp³-hybridized carbons (Fsp3) is 0.0952. The van der Waals surface area contributed by atoms with Crippen LogP contribution in [0.2, 0.25) is 0 Å². The van der Waals surface area contributed by atoms with E-state index in [1.54, 1.807) is 36.4 Å². The number of carbonyl (C=O) groups is 1. The first kappa shape index (κ1) is 18.1. The van der Waals surface area contributed by atoms with Crippen molar-refractivity contribution in [1.82, 2.24) is 9.97 Å². The Morgan fingerprint density at radius 3 is 2.93 bits per heavy atom. The number of imidazole rings is 1. The number of esters is 1. The van der Waals surface area contributed by atoms with E-state index in [0.29, 0.717) is 17.0 Å². The van der Waals surface area contributed by atoms with E-state index in [9.17, 15) is 15.2 Å². The van der Waals surface area contributed by atoms with Gasteiger partial charge >= 0.3 is 5.97 Å². The van der Waals surface area contributed by atoms with Crippen LogP contribution in [0.15, 0.2) is 54.3 Å². The summed E-state index contributed by atoms with van der Waals surface area (Å²) >= 11 is 0. The first-order valence-corrected chi connectivity index (χ1v) is 8.66. The van der Waals surface area contributed by atoms with Gasteiger partial charge in [0, 0.05) is 6.08 Å². The number of nitrogens with zero attached hydrogens (tertiary/aromatic N) is 2. The third-order valence-corrected chi connectivity index (χ3v) is 4.19. The van der Waals surface area contributed by atoms with Gasteiger partial charge in [0.25, 0.3) is 0 Å². The lowest BCUT2D eigenvalue weighted by Gasteiger charge is -2.03. The van der Waals surface area contributed by atoms with Crippen molar-refractivity contribution < 1.29 is 24.1 Å². The number of carbonyl (C=O) groups excluding carboxylic acids is 1. The van der Waals surface area contributed by atoms with E-state index in [2.05, 4.69) is 9.97 Å². The maximum Gasteiger partial charge on any atom is 0.331 e. The summed E-state index contributed by atoms with van der Waals surface area (Å²) < 4.78 is 15.5. The summed E-state index contributed by atoms with van der Waals surface area (Å²) in [7, 11) is 0. The van der Waals surface area contributed by atoms with E-state index >= 15 is 0 Å². The van der Waals surface area contributed by atoms with Gasteiger partial charge in [-0.25, -0.2) is 9.78 Å². The van der Waals surface area contributed by atoms with Crippen LogP contribution in [0.5, 0.6) is 11.5 Å². The van der Waals surface area contributed by atoms with E-state index in [0.717, 1.165) is 11.1 Å². The van der Waals surface area contributed by atoms with E-state index in [1.165, 1.54) is 6.08 Å². The molecule has 2 N–H and O–H groups in total. The molecule has 144 valence electrons. The fourth-order valence-corrected chi connectivity index (χ4v) is 2.77. The maximum atomic E-state index is 11.9. The quantitative estimate of drug-likeness (QED) is 0.297. The highest BCUT2D eigenvalue weighted by Crippen LogP contribution is 2.32. The zero-order valence-corrected chi connectivity index (χ0v) is 15.1. The molecule has 0 unspecified atom stereocenters. The molecular weight excluding hydrogens is 374 g/mol. The Morgan fingerprint density at radius 1 is 1.28 bits per heavy atom. The topological polar surface area (TPSA) is 117 Å². The number of hydrogen-bond acceptors (Lipinski definition) is 7. The summed E-state index contributed by atoms with van der Waals surface area (Å²) in [6.45, 7) is -0.285. The highest BCUT2D eigenvalue weighted by atomic mass is 16.7. The molecule has 1 aromatic heterocycles. The minimum Gasteiger partial charge on any atom is -0.507 e. The molecule has 4 rings (SSSR count). The molecule has 0 saturated carbocycles. The van der Waals surface area contributed by atoms with Gasteiger partial charge in [0.2, 0.25) is 6.79 Å². The Balaban J connectivity index is 1.42. The van der Waals surface area contributed by atoms with Crippen molar-refractivity contribution in [2.24, 2.45) is 0 Å². The molecule has 0 fully saturated rings. The predicted octanol–water partition coefficient (Wildman–Crippen LogP) is 3.34. The summed E-state index contributed by atoms with van der Waals surface area (Å²) in [5.41, 5.74) is 2.03. The Morgan fingerprint density at radius 2 is 2.10 bits per heavy atom. The molecule has 8 heteroatoms. The molecule has 0 saturated heterocycles. The van der Waals surface area contributed by atoms with Gasteiger partial charge in [0.05, 0.1) is 11.0 Å². The lowest BCUT2D eigenvalue weighted by Crippen LogP contribution is -2.06. The number of H-pyrrole nitrogens is 1. The zero-order valence-electron chi connectivity index (χ0n) is 15.1. The van der Waals surface area contributed by atoms with Crippen molar-refractivity contribution in [1.29, 1.82) is 5.26 Å². The average Bonchev–Trinajstić information content (AvgIpc) is 3.37. The van der Waals surface area contributed by atoms with Gasteiger partial charge in [-0.05, 0) is 35.9 Å². The molecule has 29 heavy (non-hydrogen) atoms. The van der Waals surface area contributed by atoms with Gasteiger partial charge < -0.3 is 24.3 Å². The normalized spacial score (nSPS) is 13.3. The van der Waals surface area contributed by atoms with Crippen LogP contribution in [0.25, 0.3) is 22.7 Å². The minimum absolute atomic E-state index is 0.0891. The zero-order chi connectivity index (χ0) is 20.2. The summed E-state index contributed by atoms with van der Waals surface area (Å²) in [6, 6.07) is 14.4. The van der Waals surface area contributed by atoms with Crippen LogP contribution >= 0.6 is 0 Å². The van der Waals surface area contributed by atoms with E-state index < -0.39 is 18.3 Å². The first-order valence-electron chi connectivity index (χ1n) is 8.66. The molecule has 1 aliphatic heterocycles. The second-order valence-electron chi connectivity index (χ2n) is 6.09. The number of aromatic amines is 1. The number of hydrogen-bond donors (Lipinski definition) is 2. The second kappa shape index (κ2) is 7.78. The molecule has 8 nitrogen and oxygen atoms in total. The number of allylic oxidation sites excluding steroid dienone is 1. The molecule has 0 aliphatic carbocycles. The number of nitrogens with one attached hydrogen (secondary N) is 1. The van der Waals surface area contributed by atoms with Crippen molar-refractivity contribution in [2.75, 3.05) is 13.4 Å². The number of aliphatic hydroxyl groups excluding tert-OH is 1. The van der Waals surface area contributed by atoms with Crippen LogP contribution in [0.4, 0.5) is 0 Å². The van der Waals surface area contributed by atoms with Gasteiger partial charge in [-0.1, -0.05) is 18.2 Å². The van der Waals surface area contributed by atoms with Crippen LogP contribution in [0.3, 0.4) is 0 Å². The van der Waals surface area contributed by atoms with Crippen molar-refractivity contribution in [3.63, 3.8) is 0 Å². The van der Waals surface area contributed by atoms with E-state index in [-0.39, 0.29) is 18.2 Å². The third kappa shape index (κ3) is 3.89. The van der Waals surface area contributed by atoms with Crippen LogP contribution in [0.1, 0.15) is 11.4 Å². The first-order chi connectivity index (χ1) is 14.1. The van der Waals surface area contributed by atoms with Gasteiger partial charge in [-0.15, -0.1) is 0 Å². The number of aliphatic hydroxyl groups is 1. The lowest BCUT2D eigenvalue weighted by molar-refractivity contribution is -0.137. The number of rotatable bonds is 5. The molecule has 0 atom stereocenters. The number of nitriles is 1. The summed E-state index contributed by atoms with van der Waals surface area (Å²) in [5.74, 6) is 0.394. The Bertz CT molecular complexity index is 1150. The maximum absolute atomic E-state index is 11.9. The van der Waals surface area contributed by atoms with Crippen molar-refractivity contribution in [2.45, 2.75) is 0 Å². The molecule has 1 aliphatic rings. The Kier molecular flexibility index (Phi) is 4.86. The Hall–Kier alpha value is -4.25. The molecule has 0 bridgehead atoms. The number of fused-ring (bicyclic) bond motifs is 2. The molecule has 3 aromatic rings. The highest BCUT2D eigenvalue weighted by molar-refractivity contribution is 5.87. The minimum atomic E-state index is -0.670. The molecule has 2 heterocycles. The van der Waals surface area contributed by atoms with Gasteiger partial charge in [0.1, 0.15) is 18.2 Å². The van der Waals surface area contributed by atoms with E-state index in [4.69, 9.17) is 14.2 Å². The average molecular weight is 389 g/mol. The smallest absolute Gasteiger partial charge is 0.331 e. The predicted molar refractivity (Wildman–Crippen MR) is 104 cm³/mol. The van der Waals surface area contributed by atoms with Gasteiger partial charge in [-0.3, -0.25) is 0 Å². The highest BCUT2D eigenvalue weighted by Gasteiger charge is 2.15. The summed E-state index contributed by atoms with van der Waals surface area (Å²) in [6.07, 6.45) is 2.77. The lowest BCUT2D eigenvalue weighted by atomic mass is 10.2. The number of ether oxygens (including phenoxy) is 3. The van der Waals surface area contributed by atoms with Crippen molar-refractivity contribution in [3.05, 3.63) is 65.7 Å². The number of benzene rings is 2. The number of para-hydroxylation sites is 2. The largest absolute Gasteiger partial charge is 0.507 e. The molecule has 0 spiro atoms.